The highest BCUT2D eigenvalue weighted by Gasteiger charge is 2.30. The largest absolute Gasteiger partial charge is 0.524 e. The molecule has 3 radical (unpaired) electrons. The molecule has 0 aromatic heterocycles. The topological polar surface area (TPSA) is 0 Å². The normalized spacial score (nSPS) is 14.0. The van der Waals surface area contributed by atoms with E-state index in [1.54, 1.807) is 0 Å². The van der Waals surface area contributed by atoms with Gasteiger partial charge in [0.15, 0.2) is 0 Å². The number of hydrogen-bond acceptors (Lipinski definition) is 0. The highest BCUT2D eigenvalue weighted by Crippen LogP contribution is 2.33. The van der Waals surface area contributed by atoms with E-state index in [0.29, 0.717) is 0 Å². The van der Waals surface area contributed by atoms with E-state index in [2.05, 4.69) is 7.85 Å². The van der Waals surface area contributed by atoms with Crippen LogP contribution >= 0.6 is 0 Å². The first-order valence-electron chi connectivity index (χ1n) is 2.54. The minimum atomic E-state index is -3.43. The molecule has 0 aromatic rings. The molecule has 0 heterocycles. The van der Waals surface area contributed by atoms with Gasteiger partial charge in [-0.2, -0.15) is 0 Å². The molecule has 0 N–H and O–H groups in total. The van der Waals surface area contributed by atoms with E-state index in [1.165, 1.54) is 0 Å². The molecule has 0 spiro atoms. The number of alkyl halides is 3. The van der Waals surface area contributed by atoms with Gasteiger partial charge in [0.1, 0.15) is 0 Å². The Morgan fingerprint density at radius 1 is 1.33 bits per heavy atom. The van der Waals surface area contributed by atoms with Crippen LogP contribution in [-0.4, -0.2) is 20.3 Å². The Hall–Kier alpha value is -0.145. The molecule has 0 bridgehead atoms. The summed E-state index contributed by atoms with van der Waals surface area (Å²) in [5.41, 5.74) is -1.74. The van der Waals surface area contributed by atoms with Crippen molar-refractivity contribution in [2.75, 3.05) is 6.67 Å². The van der Waals surface area contributed by atoms with Crippen LogP contribution in [0.2, 0.25) is 0 Å². The average Bonchev–Trinajstić information content (AvgIpc) is 1.64. The van der Waals surface area contributed by atoms with E-state index in [9.17, 15) is 13.2 Å². The Morgan fingerprint density at radius 2 is 1.67 bits per heavy atom. The maximum atomic E-state index is 12.0. The van der Waals surface area contributed by atoms with Crippen LogP contribution in [-0.2, 0) is 0 Å². The molecule has 0 saturated heterocycles. The molecule has 0 nitrogen and oxygen atoms in total. The molecule has 0 amide bonds. The molecule has 9 heavy (non-hydrogen) atoms. The van der Waals surface area contributed by atoms with Gasteiger partial charge in [0.05, 0.1) is 6.67 Å². The summed E-state index contributed by atoms with van der Waals surface area (Å²) >= 11 is 0. The molecule has 53 valence electrons. The Balaban J connectivity index is 4.14. The summed E-state index contributed by atoms with van der Waals surface area (Å²) in [5.74, 6) is -3.43. The first kappa shape index (κ1) is 8.85. The quantitative estimate of drug-likeness (QED) is 0.507. The summed E-state index contributed by atoms with van der Waals surface area (Å²) in [7, 11) is 4.35. The van der Waals surface area contributed by atoms with Crippen molar-refractivity contribution >= 4 is 7.85 Å². The standard InChI is InChI=1S/C5H8BF3/c1-4(2,3-7)5(6,8)9/h3H2,1-2H3/q-1. The van der Waals surface area contributed by atoms with E-state index >= 15 is 0 Å². The second-order valence-electron chi connectivity index (χ2n) is 2.64. The van der Waals surface area contributed by atoms with Crippen molar-refractivity contribution in [2.45, 2.75) is 19.7 Å². The van der Waals surface area contributed by atoms with Gasteiger partial charge < -0.3 is 7.85 Å². The van der Waals surface area contributed by atoms with Crippen LogP contribution in [0.25, 0.3) is 0 Å². The Morgan fingerprint density at radius 3 is 1.67 bits per heavy atom. The van der Waals surface area contributed by atoms with Gasteiger partial charge in [-0.05, 0) is 0 Å². The zero-order chi connectivity index (χ0) is 7.71. The molecule has 0 saturated carbocycles. The molecular formula is C5H8BF3-. The highest BCUT2D eigenvalue weighted by molar-refractivity contribution is 6.13. The fourth-order valence-corrected chi connectivity index (χ4v) is 0.0891. The maximum Gasteiger partial charge on any atom is 0.0964 e. The second-order valence-corrected chi connectivity index (χ2v) is 2.64. The molecule has 0 aliphatic heterocycles. The second kappa shape index (κ2) is 2.23. The zero-order valence-corrected chi connectivity index (χ0v) is 5.42. The summed E-state index contributed by atoms with van der Waals surface area (Å²) in [5, 5.41) is 0. The minimum Gasteiger partial charge on any atom is -0.524 e. The van der Waals surface area contributed by atoms with Gasteiger partial charge in [0.2, 0.25) is 0 Å². The van der Waals surface area contributed by atoms with Crippen LogP contribution in [0.5, 0.6) is 0 Å². The molecule has 0 aromatic carbocycles. The van der Waals surface area contributed by atoms with E-state index in [1.807, 2.05) is 0 Å². The van der Waals surface area contributed by atoms with Crippen LogP contribution in [0.4, 0.5) is 13.2 Å². The van der Waals surface area contributed by atoms with Crippen LogP contribution in [0.15, 0.2) is 0 Å². The Bertz CT molecular complexity index is 94.9. The zero-order valence-electron chi connectivity index (χ0n) is 5.42. The van der Waals surface area contributed by atoms with Crippen LogP contribution < -0.4 is 0 Å². The van der Waals surface area contributed by atoms with Gasteiger partial charge in [-0.1, -0.05) is 13.8 Å². The fourth-order valence-electron chi connectivity index (χ4n) is 0.0891. The third-order valence-electron chi connectivity index (χ3n) is 1.24. The average molecular weight is 136 g/mol. The van der Waals surface area contributed by atoms with Gasteiger partial charge in [-0.15, -0.1) is 0 Å². The van der Waals surface area contributed by atoms with E-state index in [0.717, 1.165) is 13.8 Å². The SMILES string of the molecule is [B-]C(F)(F)C(C)(C)CF. The Labute approximate surface area is 53.8 Å². The summed E-state index contributed by atoms with van der Waals surface area (Å²) in [6.45, 7) is 1.04. The van der Waals surface area contributed by atoms with Crippen molar-refractivity contribution in [1.29, 1.82) is 0 Å². The summed E-state index contributed by atoms with van der Waals surface area (Å²) in [6, 6.07) is 0. The van der Waals surface area contributed by atoms with Gasteiger partial charge >= 0.3 is 0 Å². The molecule has 0 rings (SSSR count). The lowest BCUT2D eigenvalue weighted by molar-refractivity contribution is -0.0390. The predicted molar refractivity (Wildman–Crippen MR) is 30.5 cm³/mol. The molecule has 0 atom stereocenters. The van der Waals surface area contributed by atoms with Crippen LogP contribution in [0, 0.1) is 5.41 Å². The third-order valence-corrected chi connectivity index (χ3v) is 1.24. The molecule has 0 aliphatic rings. The fraction of sp³-hybridized carbons (Fsp3) is 1.00. The monoisotopic (exact) mass is 136 g/mol. The van der Waals surface area contributed by atoms with Crippen LogP contribution in [0.1, 0.15) is 13.8 Å². The first-order chi connectivity index (χ1) is 3.81. The van der Waals surface area contributed by atoms with Gasteiger partial charge in [-0.25, -0.2) is 0 Å². The summed E-state index contributed by atoms with van der Waals surface area (Å²) in [6.07, 6.45) is 0. The van der Waals surface area contributed by atoms with Gasteiger partial charge in [-0.3, -0.25) is 13.2 Å². The number of rotatable bonds is 2. The minimum absolute atomic E-state index is 1.08. The van der Waals surface area contributed by atoms with Crippen LogP contribution in [0.3, 0.4) is 0 Å². The molecule has 0 aliphatic carbocycles. The lowest BCUT2D eigenvalue weighted by atomic mass is 9.75. The highest BCUT2D eigenvalue weighted by atomic mass is 19.3. The maximum absolute atomic E-state index is 12.0. The smallest absolute Gasteiger partial charge is 0.0964 e. The Kier molecular flexibility index (Phi) is 2.20. The van der Waals surface area contributed by atoms with Crippen molar-refractivity contribution in [3.05, 3.63) is 0 Å². The summed E-state index contributed by atoms with van der Waals surface area (Å²) < 4.78 is 35.8. The van der Waals surface area contributed by atoms with E-state index in [-0.39, 0.29) is 0 Å². The van der Waals surface area contributed by atoms with Gasteiger partial charge in [0, 0.05) is 11.2 Å². The van der Waals surface area contributed by atoms with Gasteiger partial charge in [0.25, 0.3) is 0 Å². The predicted octanol–water partition coefficient (Wildman–Crippen LogP) is 1.74. The van der Waals surface area contributed by atoms with Crippen molar-refractivity contribution in [3.63, 3.8) is 0 Å². The van der Waals surface area contributed by atoms with Crippen molar-refractivity contribution < 1.29 is 13.2 Å². The molecular weight excluding hydrogens is 128 g/mol. The lowest BCUT2D eigenvalue weighted by Crippen LogP contribution is -2.38. The summed E-state index contributed by atoms with van der Waals surface area (Å²) in [4.78, 5) is 0. The molecule has 4 heteroatoms. The molecule has 0 fully saturated rings. The number of hydrogen-bond donors (Lipinski definition) is 0. The van der Waals surface area contributed by atoms with E-state index in [4.69, 9.17) is 0 Å². The van der Waals surface area contributed by atoms with Crippen molar-refractivity contribution in [3.8, 4) is 0 Å². The van der Waals surface area contributed by atoms with Crippen molar-refractivity contribution in [1.82, 2.24) is 0 Å². The lowest BCUT2D eigenvalue weighted by Gasteiger charge is -2.39. The van der Waals surface area contributed by atoms with Crippen molar-refractivity contribution in [2.24, 2.45) is 5.41 Å². The molecule has 0 unspecified atom stereocenters. The third kappa shape index (κ3) is 1.92. The number of halogens is 3. The van der Waals surface area contributed by atoms with E-state index < -0.39 is 17.9 Å². The first-order valence-corrected chi connectivity index (χ1v) is 2.54.